The van der Waals surface area contributed by atoms with Gasteiger partial charge in [-0.3, -0.25) is 0 Å². The number of carbonyl (C=O) groups is 1. The molecule has 0 saturated carbocycles. The van der Waals surface area contributed by atoms with E-state index >= 15 is 0 Å². The molecule has 0 spiro atoms. The predicted octanol–water partition coefficient (Wildman–Crippen LogP) is -0.664. The van der Waals surface area contributed by atoms with Gasteiger partial charge in [0, 0.05) is 10.6 Å². The van der Waals surface area contributed by atoms with Crippen molar-refractivity contribution in [1.82, 2.24) is 0 Å². The molecule has 12 heavy (non-hydrogen) atoms. The Kier molecular flexibility index (Phi) is 11.7. The molecule has 0 aliphatic heterocycles. The van der Waals surface area contributed by atoms with Crippen molar-refractivity contribution in [2.24, 2.45) is 0 Å². The molecule has 0 atom stereocenters. The van der Waals surface area contributed by atoms with E-state index in [0.717, 1.165) is 6.08 Å². The van der Waals surface area contributed by atoms with Gasteiger partial charge in [0.1, 0.15) is 6.61 Å². The van der Waals surface area contributed by atoms with Gasteiger partial charge in [-0.15, -0.1) is 9.79 Å². The van der Waals surface area contributed by atoms with Gasteiger partial charge in [-0.05, 0) is 0 Å². The minimum atomic E-state index is -2.87. The zero-order valence-corrected chi connectivity index (χ0v) is 7.11. The van der Waals surface area contributed by atoms with Crippen LogP contribution in [0.4, 0.5) is 0 Å². The fourth-order valence-electron chi connectivity index (χ4n) is 0.205. The van der Waals surface area contributed by atoms with E-state index in [1.807, 2.05) is 0 Å². The van der Waals surface area contributed by atoms with Crippen molar-refractivity contribution < 1.29 is 29.0 Å². The lowest BCUT2D eigenvalue weighted by atomic mass is 10.6. The summed E-state index contributed by atoms with van der Waals surface area (Å²) in [5.41, 5.74) is 0. The summed E-state index contributed by atoms with van der Waals surface area (Å²) in [6, 6.07) is 0. The summed E-state index contributed by atoms with van der Waals surface area (Å²) in [4.78, 5) is 24.4. The van der Waals surface area contributed by atoms with Gasteiger partial charge in [-0.1, -0.05) is 6.58 Å². The van der Waals surface area contributed by atoms with Crippen LogP contribution in [0.2, 0.25) is 0 Å². The van der Waals surface area contributed by atoms with Gasteiger partial charge in [0.2, 0.25) is 0 Å². The van der Waals surface area contributed by atoms with E-state index in [1.165, 1.54) is 0 Å². The Morgan fingerprint density at radius 2 is 2.00 bits per heavy atom. The molecule has 70 valence electrons. The van der Waals surface area contributed by atoms with Crippen LogP contribution in [0.25, 0.3) is 0 Å². The van der Waals surface area contributed by atoms with Crippen molar-refractivity contribution >= 4 is 14.2 Å². The second-order valence-corrected chi connectivity index (χ2v) is 1.85. The highest BCUT2D eigenvalue weighted by molar-refractivity contribution is 7.30. The molecular formula is C5H10O6P+. The first-order valence-electron chi connectivity index (χ1n) is 2.79. The topological polar surface area (TPSA) is 104 Å². The highest BCUT2D eigenvalue weighted by Crippen LogP contribution is 1.98. The summed E-state index contributed by atoms with van der Waals surface area (Å²) in [6.07, 6.45) is 1.05. The van der Waals surface area contributed by atoms with Gasteiger partial charge in [0.05, 0.1) is 6.61 Å². The number of carbonyl (C=O) groups excluding carboxylic acids is 1. The second-order valence-electron chi connectivity index (χ2n) is 1.35. The molecule has 0 aromatic rings. The van der Waals surface area contributed by atoms with Crippen molar-refractivity contribution in [3.8, 4) is 0 Å². The molecule has 0 rings (SSSR count). The fourth-order valence-corrected chi connectivity index (χ4v) is 0.205. The van der Waals surface area contributed by atoms with Crippen LogP contribution in [-0.4, -0.2) is 34.1 Å². The first-order valence-corrected chi connectivity index (χ1v) is 3.96. The van der Waals surface area contributed by atoms with E-state index in [-0.39, 0.29) is 13.2 Å². The molecule has 0 aliphatic carbocycles. The third-order valence-corrected chi connectivity index (χ3v) is 0.502. The first-order chi connectivity index (χ1) is 5.54. The summed E-state index contributed by atoms with van der Waals surface area (Å²) in [5.74, 6) is -0.501. The minimum absolute atomic E-state index is 0.0465. The average molecular weight is 197 g/mol. The number of hydrogen-bond acceptors (Lipinski definition) is 4. The van der Waals surface area contributed by atoms with Crippen LogP contribution < -0.4 is 0 Å². The number of aliphatic hydroxyl groups excluding tert-OH is 1. The van der Waals surface area contributed by atoms with E-state index < -0.39 is 14.2 Å². The van der Waals surface area contributed by atoms with Gasteiger partial charge < -0.3 is 9.84 Å². The largest absolute Gasteiger partial charge is 0.692 e. The molecule has 0 fully saturated rings. The molecule has 0 aromatic heterocycles. The number of rotatable bonds is 3. The molecule has 0 aliphatic rings. The lowest BCUT2D eigenvalue weighted by Gasteiger charge is -1.94. The zero-order valence-electron chi connectivity index (χ0n) is 6.21. The van der Waals surface area contributed by atoms with Crippen molar-refractivity contribution in [1.29, 1.82) is 0 Å². The van der Waals surface area contributed by atoms with E-state index in [2.05, 4.69) is 11.3 Å². The number of esters is 1. The maximum Gasteiger partial charge on any atom is 0.692 e. The van der Waals surface area contributed by atoms with Crippen molar-refractivity contribution in [3.05, 3.63) is 12.7 Å². The monoisotopic (exact) mass is 197 g/mol. The third-order valence-electron chi connectivity index (χ3n) is 0.502. The Morgan fingerprint density at radius 1 is 1.58 bits per heavy atom. The Hall–Kier alpha value is -0.810. The second kappa shape index (κ2) is 10.2. The lowest BCUT2D eigenvalue weighted by Crippen LogP contribution is -2.04. The van der Waals surface area contributed by atoms with Crippen molar-refractivity contribution in [3.63, 3.8) is 0 Å². The van der Waals surface area contributed by atoms with Crippen LogP contribution in [-0.2, 0) is 14.1 Å². The molecule has 7 heteroatoms. The smallest absolute Gasteiger partial charge is 0.460 e. The van der Waals surface area contributed by atoms with Gasteiger partial charge in [-0.2, -0.15) is 0 Å². The highest BCUT2D eigenvalue weighted by atomic mass is 31.1. The molecule has 0 aromatic carbocycles. The van der Waals surface area contributed by atoms with Crippen LogP contribution in [0.1, 0.15) is 0 Å². The van der Waals surface area contributed by atoms with Crippen LogP contribution >= 0.6 is 8.25 Å². The summed E-state index contributed by atoms with van der Waals surface area (Å²) in [5, 5.41) is 8.10. The standard InChI is InChI=1S/C5H8O3.HO3P/c1-2-5(7)8-4-3-6;1-4(2)3/h2,6H,1,3-4H2;(H-,1,2,3)/p+1. The fraction of sp³-hybridized carbons (Fsp3) is 0.400. The molecular weight excluding hydrogens is 187 g/mol. The average Bonchev–Trinajstić information content (AvgIpc) is 1.99. The Labute approximate surface area is 70.1 Å². The maximum atomic E-state index is 10.1. The van der Waals surface area contributed by atoms with Gasteiger partial charge in [-0.25, -0.2) is 4.79 Å². The van der Waals surface area contributed by atoms with Gasteiger partial charge in [0.15, 0.2) is 0 Å². The summed E-state index contributed by atoms with van der Waals surface area (Å²) in [6.45, 7) is 3.06. The van der Waals surface area contributed by atoms with E-state index in [1.54, 1.807) is 0 Å². The molecule has 0 radical (unpaired) electrons. The van der Waals surface area contributed by atoms with Crippen LogP contribution in [0.15, 0.2) is 12.7 Å². The Balaban J connectivity index is 0. The number of hydrogen-bond donors (Lipinski definition) is 3. The molecule has 0 saturated heterocycles. The molecule has 0 heterocycles. The summed E-state index contributed by atoms with van der Waals surface area (Å²) < 4.78 is 13.0. The summed E-state index contributed by atoms with van der Waals surface area (Å²) >= 11 is 0. The van der Waals surface area contributed by atoms with E-state index in [9.17, 15) is 4.79 Å². The van der Waals surface area contributed by atoms with Gasteiger partial charge in [0.25, 0.3) is 0 Å². The third kappa shape index (κ3) is 22.9. The van der Waals surface area contributed by atoms with Crippen LogP contribution in [0.3, 0.4) is 0 Å². The maximum absolute atomic E-state index is 10.1. The normalized spacial score (nSPS) is 7.58. The Bertz CT molecular complexity index is 152. The lowest BCUT2D eigenvalue weighted by molar-refractivity contribution is -0.138. The number of aliphatic hydroxyl groups is 1. The van der Waals surface area contributed by atoms with E-state index in [4.69, 9.17) is 19.5 Å². The predicted molar refractivity (Wildman–Crippen MR) is 40.3 cm³/mol. The first kappa shape index (κ1) is 13.8. The SMILES string of the molecule is C=CC(=O)OCCO.O=[P+](O)O. The van der Waals surface area contributed by atoms with E-state index in [0.29, 0.717) is 0 Å². The van der Waals surface area contributed by atoms with Crippen LogP contribution in [0, 0.1) is 0 Å². The molecule has 0 unspecified atom stereocenters. The Morgan fingerprint density at radius 3 is 2.25 bits per heavy atom. The van der Waals surface area contributed by atoms with Crippen LogP contribution in [0.5, 0.6) is 0 Å². The zero-order chi connectivity index (χ0) is 9.98. The molecule has 6 nitrogen and oxygen atoms in total. The molecule has 0 amide bonds. The quantitative estimate of drug-likeness (QED) is 0.315. The minimum Gasteiger partial charge on any atom is -0.460 e. The van der Waals surface area contributed by atoms with Gasteiger partial charge >= 0.3 is 14.2 Å². The van der Waals surface area contributed by atoms with Crippen molar-refractivity contribution in [2.45, 2.75) is 0 Å². The highest BCUT2D eigenvalue weighted by Gasteiger charge is 1.93. The number of ether oxygens (including phenoxy) is 1. The molecule has 3 N–H and O–H groups in total. The van der Waals surface area contributed by atoms with Crippen molar-refractivity contribution in [2.75, 3.05) is 13.2 Å². The molecule has 0 bridgehead atoms. The summed E-state index contributed by atoms with van der Waals surface area (Å²) in [7, 11) is -2.87.